The van der Waals surface area contributed by atoms with Crippen LogP contribution in [0.15, 0.2) is 91.1 Å². The first-order chi connectivity index (χ1) is 32.0. The van der Waals surface area contributed by atoms with Gasteiger partial charge in [0.15, 0.2) is 0 Å². The van der Waals surface area contributed by atoms with Crippen LogP contribution in [0.5, 0.6) is 17.2 Å². The van der Waals surface area contributed by atoms with E-state index >= 15 is 0 Å². The van der Waals surface area contributed by atoms with Crippen molar-refractivity contribution in [1.29, 1.82) is 0 Å². The standard InChI is InChI=1S/C50H54F2N8O6/c1-65-45-29-39-42(53-19-14-44(39)66-37-9-7-36(8-10-37)56-49(64)50(17-18-50)48(63)55-35-5-3-34(51)4-6-35)30-43(45)60-21-15-32(16-22-60)31-59-26-24-58(25-27-59)23-20-54-41-12-2-33(28-40(41)52)38-11-13-46(61)57-47(38)62/h2-10,12,14,19,28-30,32,38,54H,11,13,15-18,20-27,31H2,1H3,(H,55,63)(H,56,64)(H,57,61,62). The number of methoxy groups -OCH3 is 1. The van der Waals surface area contributed by atoms with Crippen LogP contribution < -0.4 is 35.6 Å². The third kappa shape index (κ3) is 10.1. The summed E-state index contributed by atoms with van der Waals surface area (Å²) in [5, 5.41) is 12.0. The van der Waals surface area contributed by atoms with E-state index in [1.165, 1.54) is 30.3 Å². The van der Waals surface area contributed by atoms with Crippen molar-refractivity contribution in [2.45, 2.75) is 44.4 Å². The molecule has 4 amide bonds. The number of carbonyl (C=O) groups excluding carboxylic acids is 4. The van der Waals surface area contributed by atoms with Crippen molar-refractivity contribution < 1.29 is 37.4 Å². The summed E-state index contributed by atoms with van der Waals surface area (Å²) >= 11 is 0. The Morgan fingerprint density at radius 1 is 0.803 bits per heavy atom. The maximum absolute atomic E-state index is 14.9. The van der Waals surface area contributed by atoms with Crippen molar-refractivity contribution in [2.24, 2.45) is 11.3 Å². The molecule has 5 aromatic rings. The van der Waals surface area contributed by atoms with Gasteiger partial charge in [-0.3, -0.25) is 34.4 Å². The second-order valence-corrected chi connectivity index (χ2v) is 17.7. The fourth-order valence-corrected chi connectivity index (χ4v) is 9.26. The van der Waals surface area contributed by atoms with Gasteiger partial charge in [-0.1, -0.05) is 6.07 Å². The molecule has 4 aliphatic rings. The Kier molecular flexibility index (Phi) is 13.1. The van der Waals surface area contributed by atoms with Gasteiger partial charge in [-0.25, -0.2) is 8.78 Å². The highest BCUT2D eigenvalue weighted by Crippen LogP contribution is 2.48. The smallest absolute Gasteiger partial charge is 0.240 e. The summed E-state index contributed by atoms with van der Waals surface area (Å²) in [5.41, 5.74) is 2.57. The van der Waals surface area contributed by atoms with Gasteiger partial charge < -0.3 is 35.2 Å². The number of amides is 4. The van der Waals surface area contributed by atoms with Gasteiger partial charge in [-0.2, -0.15) is 0 Å². The minimum atomic E-state index is -1.17. The highest BCUT2D eigenvalue weighted by atomic mass is 19.1. The van der Waals surface area contributed by atoms with Gasteiger partial charge in [0, 0.05) is 88.3 Å². The number of benzene rings is 4. The number of nitrogens with zero attached hydrogens (tertiary/aromatic N) is 4. The van der Waals surface area contributed by atoms with Gasteiger partial charge in [0.2, 0.25) is 23.6 Å². The van der Waals surface area contributed by atoms with E-state index in [0.29, 0.717) is 65.8 Å². The Morgan fingerprint density at radius 3 is 2.14 bits per heavy atom. The molecule has 16 heteroatoms. The second-order valence-electron chi connectivity index (χ2n) is 17.7. The molecule has 1 saturated carbocycles. The SMILES string of the molecule is COc1cc2c(Oc3ccc(NC(=O)C4(C(=O)Nc5ccc(F)cc5)CC4)cc3)ccnc2cc1N1CCC(CN2CCN(CCNc3ccc(C4CCC(=O)NC4=O)cc3F)CC2)CC1. The molecular weight excluding hydrogens is 847 g/mol. The zero-order valence-electron chi connectivity index (χ0n) is 36.9. The fourth-order valence-electron chi connectivity index (χ4n) is 9.26. The molecule has 1 atom stereocenters. The highest BCUT2D eigenvalue weighted by molar-refractivity contribution is 6.17. The van der Waals surface area contributed by atoms with Crippen molar-refractivity contribution in [1.82, 2.24) is 20.1 Å². The fraction of sp³-hybridized carbons (Fsp3) is 0.380. The van der Waals surface area contributed by atoms with Crippen molar-refractivity contribution in [3.8, 4) is 17.2 Å². The maximum atomic E-state index is 14.9. The number of rotatable bonds is 15. The predicted molar refractivity (Wildman–Crippen MR) is 248 cm³/mol. The number of fused-ring (bicyclic) bond motifs is 1. The van der Waals surface area contributed by atoms with E-state index in [2.05, 4.69) is 47.0 Å². The number of piperazine rings is 1. The van der Waals surface area contributed by atoms with Crippen molar-refractivity contribution in [3.63, 3.8) is 0 Å². The second kappa shape index (κ2) is 19.4. The Hall–Kier alpha value is -6.65. The molecule has 66 heavy (non-hydrogen) atoms. The van der Waals surface area contributed by atoms with Gasteiger partial charge in [0.1, 0.15) is 34.3 Å². The lowest BCUT2D eigenvalue weighted by Gasteiger charge is -2.39. The Bertz CT molecular complexity index is 2590. The van der Waals surface area contributed by atoms with E-state index < -0.39 is 34.8 Å². The number of anilines is 4. The molecule has 14 nitrogen and oxygen atoms in total. The molecule has 1 aliphatic carbocycles. The van der Waals surface area contributed by atoms with E-state index in [1.807, 2.05) is 12.1 Å². The van der Waals surface area contributed by atoms with E-state index in [9.17, 15) is 28.0 Å². The summed E-state index contributed by atoms with van der Waals surface area (Å²) in [7, 11) is 1.68. The quantitative estimate of drug-likeness (QED) is 0.0626. The molecule has 3 saturated heterocycles. The lowest BCUT2D eigenvalue weighted by atomic mass is 9.90. The van der Waals surface area contributed by atoms with Gasteiger partial charge in [0.05, 0.1) is 29.9 Å². The zero-order chi connectivity index (χ0) is 45.8. The van der Waals surface area contributed by atoms with Crippen LogP contribution in [0.1, 0.15) is 50.0 Å². The summed E-state index contributed by atoms with van der Waals surface area (Å²) in [4.78, 5) is 62.0. The highest BCUT2D eigenvalue weighted by Gasteiger charge is 2.56. The van der Waals surface area contributed by atoms with E-state index in [1.54, 1.807) is 49.7 Å². The first kappa shape index (κ1) is 44.5. The van der Waals surface area contributed by atoms with Gasteiger partial charge in [-0.15, -0.1) is 0 Å². The summed E-state index contributed by atoms with van der Waals surface area (Å²) < 4.78 is 40.5. The number of imide groups is 1. The molecule has 4 aromatic carbocycles. The molecule has 9 rings (SSSR count). The van der Waals surface area contributed by atoms with Gasteiger partial charge in [0.25, 0.3) is 0 Å². The molecular formula is C50H54F2N8O6. The average molecular weight is 901 g/mol. The molecule has 0 radical (unpaired) electrons. The summed E-state index contributed by atoms with van der Waals surface area (Å²) in [6, 6.07) is 23.1. The van der Waals surface area contributed by atoms with E-state index in [4.69, 9.17) is 9.47 Å². The molecule has 4 N–H and O–H groups in total. The molecule has 1 unspecified atom stereocenters. The zero-order valence-corrected chi connectivity index (χ0v) is 36.9. The number of aromatic nitrogens is 1. The predicted octanol–water partition coefficient (Wildman–Crippen LogP) is 7.14. The Balaban J connectivity index is 0.726. The summed E-state index contributed by atoms with van der Waals surface area (Å²) in [5.74, 6) is -0.272. The monoisotopic (exact) mass is 900 g/mol. The average Bonchev–Trinajstić information content (AvgIpc) is 4.14. The number of halogens is 2. The third-order valence-corrected chi connectivity index (χ3v) is 13.4. The molecule has 0 bridgehead atoms. The van der Waals surface area contributed by atoms with Crippen LogP contribution in [-0.4, -0.2) is 104 Å². The number of pyridine rings is 1. The molecule has 4 heterocycles. The normalized spacial score (nSPS) is 19.0. The molecule has 4 fully saturated rings. The van der Waals surface area contributed by atoms with Crippen LogP contribution >= 0.6 is 0 Å². The Morgan fingerprint density at radius 2 is 1.48 bits per heavy atom. The topological polar surface area (TPSA) is 157 Å². The summed E-state index contributed by atoms with van der Waals surface area (Å²) in [6.07, 6.45) is 5.36. The summed E-state index contributed by atoms with van der Waals surface area (Å²) in [6.45, 7) is 8.18. The van der Waals surface area contributed by atoms with Crippen LogP contribution in [0.2, 0.25) is 0 Å². The van der Waals surface area contributed by atoms with Crippen LogP contribution in [0, 0.1) is 23.0 Å². The Labute approximate surface area is 382 Å². The van der Waals surface area contributed by atoms with Crippen LogP contribution in [0.3, 0.4) is 0 Å². The van der Waals surface area contributed by atoms with Crippen molar-refractivity contribution >= 4 is 57.3 Å². The number of hydrogen-bond acceptors (Lipinski definition) is 11. The number of piperidine rings is 2. The minimum absolute atomic E-state index is 0.258. The van der Waals surface area contributed by atoms with Crippen LogP contribution in [0.25, 0.3) is 10.9 Å². The first-order valence-corrected chi connectivity index (χ1v) is 22.7. The number of nitrogens with one attached hydrogen (secondary N) is 4. The maximum Gasteiger partial charge on any atom is 0.240 e. The lowest BCUT2D eigenvalue weighted by molar-refractivity contribution is -0.134. The van der Waals surface area contributed by atoms with E-state index in [-0.39, 0.29) is 18.2 Å². The molecule has 0 spiro atoms. The van der Waals surface area contributed by atoms with E-state index in [0.717, 1.165) is 87.5 Å². The van der Waals surface area contributed by atoms with Gasteiger partial charge in [-0.05, 0) is 122 Å². The third-order valence-electron chi connectivity index (χ3n) is 13.4. The van der Waals surface area contributed by atoms with Crippen molar-refractivity contribution in [3.05, 3.63) is 108 Å². The van der Waals surface area contributed by atoms with Crippen LogP contribution in [-0.2, 0) is 19.2 Å². The van der Waals surface area contributed by atoms with Crippen LogP contribution in [0.4, 0.5) is 31.5 Å². The number of ether oxygens (including phenoxy) is 2. The molecule has 3 aliphatic heterocycles. The number of carbonyl (C=O) groups is 4. The first-order valence-electron chi connectivity index (χ1n) is 22.7. The molecule has 1 aromatic heterocycles. The lowest BCUT2D eigenvalue weighted by Crippen LogP contribution is -2.49. The number of hydrogen-bond donors (Lipinski definition) is 4. The van der Waals surface area contributed by atoms with Gasteiger partial charge >= 0.3 is 0 Å². The van der Waals surface area contributed by atoms with Crippen molar-refractivity contribution in [2.75, 3.05) is 86.9 Å². The minimum Gasteiger partial charge on any atom is -0.495 e. The largest absolute Gasteiger partial charge is 0.495 e. The molecule has 344 valence electrons.